The highest BCUT2D eigenvalue weighted by Gasteiger charge is 2.60. The molecule has 0 aromatic heterocycles. The van der Waals surface area contributed by atoms with Crippen molar-refractivity contribution in [1.82, 2.24) is 0 Å². The summed E-state index contributed by atoms with van der Waals surface area (Å²) in [6, 6.07) is 27.9. The number of hydrogen-bond donors (Lipinski definition) is 0. The van der Waals surface area contributed by atoms with Gasteiger partial charge in [-0.15, -0.1) is 0 Å². The van der Waals surface area contributed by atoms with Gasteiger partial charge in [-0.3, -0.25) is 0 Å². The van der Waals surface area contributed by atoms with E-state index in [0.717, 1.165) is 83.8 Å². The van der Waals surface area contributed by atoms with Crippen LogP contribution in [0.1, 0.15) is 97.6 Å². The Kier molecular flexibility index (Phi) is 8.77. The quantitative estimate of drug-likeness (QED) is 0.175. The van der Waals surface area contributed by atoms with Crippen molar-refractivity contribution in [1.29, 1.82) is 0 Å². The molecule has 4 bridgehead atoms. The van der Waals surface area contributed by atoms with Gasteiger partial charge in [-0.1, -0.05) is 79.8 Å². The minimum atomic E-state index is -1.21. The molecule has 7 unspecified atom stereocenters. The first-order valence-corrected chi connectivity index (χ1v) is 23.2. The molecular weight excluding hydrogens is 781 g/mol. The summed E-state index contributed by atoms with van der Waals surface area (Å²) >= 11 is 3.57. The molecule has 5 heterocycles. The van der Waals surface area contributed by atoms with Crippen LogP contribution in [-0.4, -0.2) is 57.3 Å². The Bertz CT molecular complexity index is 2340. The largest absolute Gasteiger partial charge is 0.497 e. The summed E-state index contributed by atoms with van der Waals surface area (Å²) in [7, 11) is 1.66. The predicted molar refractivity (Wildman–Crippen MR) is 222 cm³/mol. The van der Waals surface area contributed by atoms with E-state index in [9.17, 15) is 4.79 Å². The van der Waals surface area contributed by atoms with Gasteiger partial charge in [-0.2, -0.15) is 0 Å². The number of hydrogen-bond acceptors (Lipinski definition) is 10. The lowest BCUT2D eigenvalue weighted by Crippen LogP contribution is -2.56. The van der Waals surface area contributed by atoms with E-state index in [-0.39, 0.29) is 18.7 Å². The van der Waals surface area contributed by atoms with E-state index in [4.69, 9.17) is 33.2 Å². The summed E-state index contributed by atoms with van der Waals surface area (Å²) in [6.07, 6.45) is 5.09. The summed E-state index contributed by atoms with van der Waals surface area (Å²) < 4.78 is 45.8. The van der Waals surface area contributed by atoms with E-state index in [0.29, 0.717) is 47.9 Å². The molecule has 7 atom stereocenters. The Labute approximate surface area is 354 Å². The van der Waals surface area contributed by atoms with Gasteiger partial charge < -0.3 is 33.2 Å². The van der Waals surface area contributed by atoms with Crippen LogP contribution in [-0.2, 0) is 44.8 Å². The Morgan fingerprint density at radius 1 is 0.746 bits per heavy atom. The van der Waals surface area contributed by atoms with Crippen LogP contribution in [0.2, 0.25) is 0 Å². The van der Waals surface area contributed by atoms with Gasteiger partial charge in [-0.05, 0) is 116 Å². The molecule has 4 aliphatic carbocycles. The zero-order valence-corrected chi connectivity index (χ0v) is 35.4. The molecule has 3 saturated heterocycles. The van der Waals surface area contributed by atoms with Crippen LogP contribution >= 0.6 is 23.5 Å². The second-order valence-corrected chi connectivity index (χ2v) is 20.7. The molecule has 0 N–H and O–H groups in total. The SMILES string of the molecule is COc1ccc2c(c1)C1(OCC(C(=O)OC34CC5CC(C3)C(c3cccc6c3Sc3ccc(C(C)C)cc3C63OCC(C6CCOC6)O3)C(C5)C4)O1)c1ccccc1S2. The van der Waals surface area contributed by atoms with Crippen LogP contribution in [0.4, 0.5) is 0 Å². The Morgan fingerprint density at radius 2 is 1.49 bits per heavy atom. The minimum Gasteiger partial charge on any atom is -0.497 e. The first-order chi connectivity index (χ1) is 28.7. The number of ether oxygens (including phenoxy) is 7. The van der Waals surface area contributed by atoms with Crippen molar-refractivity contribution in [3.05, 3.63) is 112 Å². The lowest BCUT2D eigenvalue weighted by Gasteiger charge is -2.59. The molecule has 4 saturated carbocycles. The molecule has 2 spiro atoms. The van der Waals surface area contributed by atoms with E-state index in [1.807, 2.05) is 48.2 Å². The van der Waals surface area contributed by atoms with Gasteiger partial charge in [0.2, 0.25) is 11.6 Å². The van der Waals surface area contributed by atoms with E-state index in [2.05, 4.69) is 56.3 Å². The third-order valence-electron chi connectivity index (χ3n) is 14.8. The predicted octanol–water partition coefficient (Wildman–Crippen LogP) is 9.92. The lowest BCUT2D eigenvalue weighted by atomic mass is 9.49. The number of benzene rings is 4. The molecule has 0 amide bonds. The van der Waals surface area contributed by atoms with Gasteiger partial charge in [0.05, 0.1) is 33.0 Å². The lowest BCUT2D eigenvalue weighted by molar-refractivity contribution is -0.205. The number of methoxy groups -OCH3 is 1. The topological polar surface area (TPSA) is 81.7 Å². The Morgan fingerprint density at radius 3 is 2.31 bits per heavy atom. The fraction of sp³-hybridized carbons (Fsp3) is 0.490. The molecular formula is C49H50O8S2. The summed E-state index contributed by atoms with van der Waals surface area (Å²) in [4.78, 5) is 19.0. The molecule has 10 heteroatoms. The number of fused-ring (bicyclic) bond motifs is 8. The fourth-order valence-corrected chi connectivity index (χ4v) is 14.8. The third kappa shape index (κ3) is 5.73. The smallest absolute Gasteiger partial charge is 0.338 e. The van der Waals surface area contributed by atoms with E-state index in [1.54, 1.807) is 18.9 Å². The Balaban J connectivity index is 0.837. The minimum absolute atomic E-state index is 0.0168. The third-order valence-corrected chi connectivity index (χ3v) is 17.2. The molecule has 13 rings (SSSR count). The van der Waals surface area contributed by atoms with Crippen molar-refractivity contribution < 1.29 is 38.0 Å². The molecule has 0 radical (unpaired) electrons. The molecule has 4 aromatic carbocycles. The van der Waals surface area contributed by atoms with Crippen LogP contribution < -0.4 is 4.74 Å². The van der Waals surface area contributed by atoms with Crippen molar-refractivity contribution in [3.63, 3.8) is 0 Å². The average molecular weight is 831 g/mol. The van der Waals surface area contributed by atoms with Gasteiger partial charge in [0.15, 0.2) is 6.10 Å². The molecule has 59 heavy (non-hydrogen) atoms. The average Bonchev–Trinajstić information content (AvgIpc) is 4.03. The van der Waals surface area contributed by atoms with Gasteiger partial charge in [-0.25, -0.2) is 4.79 Å². The van der Waals surface area contributed by atoms with Crippen LogP contribution in [0.15, 0.2) is 98.4 Å². The highest BCUT2D eigenvalue weighted by Crippen LogP contribution is 2.65. The molecule has 8 nitrogen and oxygen atoms in total. The molecule has 7 fully saturated rings. The second kappa shape index (κ2) is 13.8. The molecule has 5 aliphatic heterocycles. The standard InChI is InChI=1S/C49H50O8S2/c1-27(2)29-11-13-43-37(19-29)49(53-25-39(55-49)30-15-16-52-24-30)36-9-6-7-34(45(36)59-43)44-31-17-28-18-32(44)23-47(21-28,22-31)57-46(50)40-26-54-48(56-40)35-8-4-5-10-41(35)58-42-14-12-33(51-3)20-38(42)48/h4-14,19-20,27-28,30-32,39-40,44H,15-18,21-26H2,1-3H3. The van der Waals surface area contributed by atoms with Crippen molar-refractivity contribution in [2.24, 2.45) is 23.7 Å². The van der Waals surface area contributed by atoms with Crippen molar-refractivity contribution in [3.8, 4) is 5.75 Å². The van der Waals surface area contributed by atoms with Gasteiger partial charge in [0.1, 0.15) is 11.4 Å². The summed E-state index contributed by atoms with van der Waals surface area (Å²) in [6.45, 7) is 6.68. The van der Waals surface area contributed by atoms with Crippen molar-refractivity contribution >= 4 is 29.5 Å². The van der Waals surface area contributed by atoms with Crippen LogP contribution in [0.25, 0.3) is 0 Å². The van der Waals surface area contributed by atoms with E-state index < -0.39 is 23.3 Å². The highest BCUT2D eigenvalue weighted by molar-refractivity contribution is 7.99. The number of rotatable bonds is 6. The maximum Gasteiger partial charge on any atom is 0.338 e. The number of esters is 1. The number of carbonyl (C=O) groups is 1. The van der Waals surface area contributed by atoms with Gasteiger partial charge in [0.25, 0.3) is 0 Å². The zero-order chi connectivity index (χ0) is 39.7. The van der Waals surface area contributed by atoms with Crippen molar-refractivity contribution in [2.75, 3.05) is 33.5 Å². The number of carbonyl (C=O) groups excluding carboxylic acids is 1. The van der Waals surface area contributed by atoms with E-state index in [1.165, 1.54) is 20.9 Å². The monoisotopic (exact) mass is 830 g/mol. The Hall–Kier alpha value is -3.35. The normalized spacial score (nSPS) is 35.8. The molecule has 4 aromatic rings. The first kappa shape index (κ1) is 37.4. The highest BCUT2D eigenvalue weighted by atomic mass is 32.2. The van der Waals surface area contributed by atoms with E-state index >= 15 is 0 Å². The molecule has 9 aliphatic rings. The fourth-order valence-electron chi connectivity index (χ4n) is 12.3. The van der Waals surface area contributed by atoms with Gasteiger partial charge in [0, 0.05) is 54.4 Å². The first-order valence-electron chi connectivity index (χ1n) is 21.6. The van der Waals surface area contributed by atoms with Crippen LogP contribution in [0.3, 0.4) is 0 Å². The van der Waals surface area contributed by atoms with Gasteiger partial charge >= 0.3 is 5.97 Å². The maximum absolute atomic E-state index is 14.4. The summed E-state index contributed by atoms with van der Waals surface area (Å²) in [5.41, 5.74) is 6.23. The molecule has 306 valence electrons. The van der Waals surface area contributed by atoms with Crippen LogP contribution in [0.5, 0.6) is 5.75 Å². The summed E-state index contributed by atoms with van der Waals surface area (Å²) in [5.74, 6) is 0.684. The zero-order valence-electron chi connectivity index (χ0n) is 33.8. The summed E-state index contributed by atoms with van der Waals surface area (Å²) in [5, 5.41) is 0. The second-order valence-electron chi connectivity index (χ2n) is 18.5. The maximum atomic E-state index is 14.4. The van der Waals surface area contributed by atoms with Crippen molar-refractivity contribution in [2.45, 2.75) is 113 Å². The van der Waals surface area contributed by atoms with Crippen LogP contribution in [0, 0.1) is 23.7 Å².